The van der Waals surface area contributed by atoms with E-state index >= 15 is 0 Å². The van der Waals surface area contributed by atoms with Crippen molar-refractivity contribution < 1.29 is 9.59 Å². The quantitative estimate of drug-likeness (QED) is 0.519. The van der Waals surface area contributed by atoms with Crippen molar-refractivity contribution in [3.63, 3.8) is 0 Å². The second kappa shape index (κ2) is 10.9. The average molecular weight is 424 g/mol. The number of amides is 3. The van der Waals surface area contributed by atoms with Gasteiger partial charge in [-0.05, 0) is 67.8 Å². The van der Waals surface area contributed by atoms with E-state index < -0.39 is 0 Å². The Kier molecular flexibility index (Phi) is 7.97. The summed E-state index contributed by atoms with van der Waals surface area (Å²) in [4.78, 5) is 27.8. The summed E-state index contributed by atoms with van der Waals surface area (Å²) in [5.74, 6) is 0.290. The number of nitrogens with one attached hydrogen (secondary N) is 2. The van der Waals surface area contributed by atoms with E-state index in [0.29, 0.717) is 13.1 Å². The molecule has 0 saturated carbocycles. The molecule has 30 heavy (non-hydrogen) atoms. The first-order valence-corrected chi connectivity index (χ1v) is 11.5. The minimum absolute atomic E-state index is 0.0257. The lowest BCUT2D eigenvalue weighted by Gasteiger charge is -2.32. The van der Waals surface area contributed by atoms with Gasteiger partial charge in [0.05, 0.1) is 0 Å². The van der Waals surface area contributed by atoms with Gasteiger partial charge in [0, 0.05) is 36.3 Å². The van der Waals surface area contributed by atoms with Gasteiger partial charge in [-0.15, -0.1) is 11.8 Å². The molecular weight excluding hydrogens is 394 g/mol. The predicted molar refractivity (Wildman–Crippen MR) is 125 cm³/mol. The van der Waals surface area contributed by atoms with Crippen LogP contribution in [0.1, 0.15) is 24.0 Å². The van der Waals surface area contributed by atoms with Crippen LogP contribution in [0.3, 0.4) is 0 Å². The van der Waals surface area contributed by atoms with Crippen LogP contribution in [0.4, 0.5) is 10.5 Å². The first-order valence-electron chi connectivity index (χ1n) is 10.3. The topological polar surface area (TPSA) is 61.4 Å². The van der Waals surface area contributed by atoms with E-state index in [4.69, 9.17) is 0 Å². The third kappa shape index (κ3) is 6.66. The SMILES string of the molecule is CSc1ccc(/C=C/C(=O)N2CCCC(CNC(=O)Nc3ccc(C)cc3)C2)cc1. The Labute approximate surface area is 182 Å². The zero-order chi connectivity index (χ0) is 21.3. The lowest BCUT2D eigenvalue weighted by molar-refractivity contribution is -0.127. The van der Waals surface area contributed by atoms with Crippen molar-refractivity contribution in [1.29, 1.82) is 0 Å². The minimum Gasteiger partial charge on any atom is -0.339 e. The molecule has 2 aromatic carbocycles. The molecule has 2 N–H and O–H groups in total. The zero-order valence-corrected chi connectivity index (χ0v) is 18.4. The van der Waals surface area contributed by atoms with Gasteiger partial charge in [0.15, 0.2) is 0 Å². The number of aryl methyl sites for hydroxylation is 1. The van der Waals surface area contributed by atoms with Crippen molar-refractivity contribution in [2.75, 3.05) is 31.2 Å². The van der Waals surface area contributed by atoms with E-state index in [2.05, 4.69) is 22.8 Å². The Morgan fingerprint density at radius 2 is 1.87 bits per heavy atom. The fourth-order valence-electron chi connectivity index (χ4n) is 3.47. The van der Waals surface area contributed by atoms with Crippen LogP contribution in [0.5, 0.6) is 0 Å². The molecule has 1 aliphatic rings. The molecule has 1 aliphatic heterocycles. The maximum Gasteiger partial charge on any atom is 0.319 e. The number of likely N-dealkylation sites (tertiary alicyclic amines) is 1. The Bertz CT molecular complexity index is 878. The zero-order valence-electron chi connectivity index (χ0n) is 17.6. The first kappa shape index (κ1) is 22.0. The summed E-state index contributed by atoms with van der Waals surface area (Å²) in [5, 5.41) is 5.78. The van der Waals surface area contributed by atoms with E-state index in [0.717, 1.165) is 36.2 Å². The minimum atomic E-state index is -0.212. The molecule has 1 atom stereocenters. The average Bonchev–Trinajstić information content (AvgIpc) is 2.78. The van der Waals surface area contributed by atoms with Crippen molar-refractivity contribution in [2.45, 2.75) is 24.7 Å². The predicted octanol–water partition coefficient (Wildman–Crippen LogP) is 4.79. The summed E-state index contributed by atoms with van der Waals surface area (Å²) in [6.07, 6.45) is 7.52. The van der Waals surface area contributed by atoms with Gasteiger partial charge < -0.3 is 15.5 Å². The van der Waals surface area contributed by atoms with Gasteiger partial charge in [0.1, 0.15) is 0 Å². The molecule has 0 aromatic heterocycles. The van der Waals surface area contributed by atoms with Gasteiger partial charge in [0.2, 0.25) is 5.91 Å². The summed E-state index contributed by atoms with van der Waals surface area (Å²) in [5.41, 5.74) is 2.94. The summed E-state index contributed by atoms with van der Waals surface area (Å²) in [6.45, 7) is 4.00. The van der Waals surface area contributed by atoms with Crippen LogP contribution < -0.4 is 10.6 Å². The molecule has 0 spiro atoms. The monoisotopic (exact) mass is 423 g/mol. The molecule has 1 fully saturated rings. The van der Waals surface area contributed by atoms with Gasteiger partial charge in [-0.1, -0.05) is 29.8 Å². The Morgan fingerprint density at radius 1 is 1.13 bits per heavy atom. The maximum absolute atomic E-state index is 12.6. The molecule has 3 amide bonds. The number of carbonyl (C=O) groups excluding carboxylic acids is 2. The number of rotatable bonds is 6. The normalized spacial score (nSPS) is 16.5. The number of hydrogen-bond acceptors (Lipinski definition) is 3. The summed E-state index contributed by atoms with van der Waals surface area (Å²) in [6, 6.07) is 15.6. The van der Waals surface area contributed by atoms with E-state index in [-0.39, 0.29) is 17.9 Å². The highest BCUT2D eigenvalue weighted by atomic mass is 32.2. The van der Waals surface area contributed by atoms with Crippen LogP contribution in [0.15, 0.2) is 59.5 Å². The van der Waals surface area contributed by atoms with Crippen LogP contribution in [-0.2, 0) is 4.79 Å². The highest BCUT2D eigenvalue weighted by molar-refractivity contribution is 7.98. The number of benzene rings is 2. The van der Waals surface area contributed by atoms with Crippen molar-refractivity contribution >= 4 is 35.5 Å². The van der Waals surface area contributed by atoms with Crippen LogP contribution in [0.2, 0.25) is 0 Å². The molecular formula is C24H29N3O2S. The number of piperidine rings is 1. The van der Waals surface area contributed by atoms with Crippen molar-refractivity contribution in [1.82, 2.24) is 10.2 Å². The molecule has 1 saturated heterocycles. The van der Waals surface area contributed by atoms with Gasteiger partial charge in [-0.3, -0.25) is 4.79 Å². The van der Waals surface area contributed by atoms with Gasteiger partial charge in [-0.25, -0.2) is 4.79 Å². The van der Waals surface area contributed by atoms with Crippen LogP contribution in [-0.4, -0.2) is 42.7 Å². The standard InChI is InChI=1S/C24H29N3O2S/c1-18-5-10-21(11-6-18)26-24(29)25-16-20-4-3-15-27(17-20)23(28)14-9-19-7-12-22(30-2)13-8-19/h5-14,20H,3-4,15-17H2,1-2H3,(H2,25,26,29)/b14-9+. The third-order valence-corrected chi connectivity index (χ3v) is 5.97. The molecule has 2 aromatic rings. The van der Waals surface area contributed by atoms with Crippen molar-refractivity contribution in [3.05, 3.63) is 65.7 Å². The van der Waals surface area contributed by atoms with E-state index in [1.807, 2.05) is 60.6 Å². The molecule has 3 rings (SSSR count). The van der Waals surface area contributed by atoms with E-state index in [9.17, 15) is 9.59 Å². The number of thioether (sulfide) groups is 1. The molecule has 1 heterocycles. The number of anilines is 1. The highest BCUT2D eigenvalue weighted by Gasteiger charge is 2.22. The van der Waals surface area contributed by atoms with E-state index in [1.54, 1.807) is 17.8 Å². The summed E-state index contributed by atoms with van der Waals surface area (Å²) >= 11 is 1.70. The van der Waals surface area contributed by atoms with Crippen LogP contribution >= 0.6 is 11.8 Å². The number of hydrogen-bond donors (Lipinski definition) is 2. The smallest absolute Gasteiger partial charge is 0.319 e. The third-order valence-electron chi connectivity index (χ3n) is 5.23. The highest BCUT2D eigenvalue weighted by Crippen LogP contribution is 2.18. The van der Waals surface area contributed by atoms with Crippen molar-refractivity contribution in [3.8, 4) is 0 Å². The lowest BCUT2D eigenvalue weighted by Crippen LogP contribution is -2.43. The fraction of sp³-hybridized carbons (Fsp3) is 0.333. The molecule has 6 heteroatoms. The number of nitrogens with zero attached hydrogens (tertiary/aromatic N) is 1. The second-order valence-corrected chi connectivity index (χ2v) is 8.48. The van der Waals surface area contributed by atoms with Crippen LogP contribution in [0.25, 0.3) is 6.08 Å². The number of carbonyl (C=O) groups is 2. The second-order valence-electron chi connectivity index (χ2n) is 7.60. The van der Waals surface area contributed by atoms with Crippen molar-refractivity contribution in [2.24, 2.45) is 5.92 Å². The molecule has 0 aliphatic carbocycles. The fourth-order valence-corrected chi connectivity index (χ4v) is 3.88. The van der Waals surface area contributed by atoms with Gasteiger partial charge in [0.25, 0.3) is 0 Å². The molecule has 1 unspecified atom stereocenters. The Hall–Kier alpha value is -2.73. The number of urea groups is 1. The van der Waals surface area contributed by atoms with Crippen LogP contribution in [0, 0.1) is 12.8 Å². The summed E-state index contributed by atoms with van der Waals surface area (Å²) < 4.78 is 0. The Balaban J connectivity index is 1.45. The molecule has 0 bridgehead atoms. The lowest BCUT2D eigenvalue weighted by atomic mass is 9.98. The first-order chi connectivity index (χ1) is 14.5. The molecule has 5 nitrogen and oxygen atoms in total. The Morgan fingerprint density at radius 3 is 2.57 bits per heavy atom. The van der Waals surface area contributed by atoms with E-state index in [1.165, 1.54) is 4.90 Å². The largest absolute Gasteiger partial charge is 0.339 e. The summed E-state index contributed by atoms with van der Waals surface area (Å²) in [7, 11) is 0. The molecule has 158 valence electrons. The van der Waals surface area contributed by atoms with Gasteiger partial charge in [-0.2, -0.15) is 0 Å². The molecule has 0 radical (unpaired) electrons. The maximum atomic E-state index is 12.6. The van der Waals surface area contributed by atoms with Gasteiger partial charge >= 0.3 is 6.03 Å².